The van der Waals surface area contributed by atoms with Crippen molar-refractivity contribution >= 4 is 23.5 Å². The Morgan fingerprint density at radius 1 is 1.31 bits per heavy atom. The largest absolute Gasteiger partial charge is 0.361 e. The molecular weight excluding hydrogens is 359 g/mol. The van der Waals surface area contributed by atoms with Crippen LogP contribution in [0.2, 0.25) is 5.02 Å². The summed E-state index contributed by atoms with van der Waals surface area (Å²) >= 11 is 5.92. The van der Waals surface area contributed by atoms with E-state index in [9.17, 15) is 9.18 Å². The minimum atomic E-state index is -0.276. The van der Waals surface area contributed by atoms with Crippen molar-refractivity contribution in [3.05, 3.63) is 52.1 Å². The SMILES string of the molecule is O=C(c1cnc(NC2Cc3cc(Cl)cc(F)c3C2)nc1)N1CCCOC1. The van der Waals surface area contributed by atoms with Crippen LogP contribution in [-0.2, 0) is 17.6 Å². The van der Waals surface area contributed by atoms with Gasteiger partial charge in [-0.15, -0.1) is 0 Å². The minimum absolute atomic E-state index is 0.00462. The minimum Gasteiger partial charge on any atom is -0.361 e. The van der Waals surface area contributed by atoms with Crippen molar-refractivity contribution in [2.45, 2.75) is 25.3 Å². The number of fused-ring (bicyclic) bond motifs is 1. The van der Waals surface area contributed by atoms with Crippen LogP contribution in [0, 0.1) is 5.82 Å². The number of hydrogen-bond donors (Lipinski definition) is 1. The molecule has 1 unspecified atom stereocenters. The Morgan fingerprint density at radius 2 is 2.12 bits per heavy atom. The molecule has 2 heterocycles. The summed E-state index contributed by atoms with van der Waals surface area (Å²) in [6, 6.07) is 3.13. The molecule has 0 saturated carbocycles. The van der Waals surface area contributed by atoms with Gasteiger partial charge in [0.15, 0.2) is 0 Å². The molecule has 1 saturated heterocycles. The third-order valence-electron chi connectivity index (χ3n) is 4.65. The molecule has 2 aromatic rings. The predicted octanol–water partition coefficient (Wildman–Crippen LogP) is 2.67. The topological polar surface area (TPSA) is 67.4 Å². The van der Waals surface area contributed by atoms with Gasteiger partial charge in [0.2, 0.25) is 5.95 Å². The Morgan fingerprint density at radius 3 is 2.85 bits per heavy atom. The number of benzene rings is 1. The molecule has 4 rings (SSSR count). The van der Waals surface area contributed by atoms with Crippen molar-refractivity contribution in [1.29, 1.82) is 0 Å². The summed E-state index contributed by atoms with van der Waals surface area (Å²) in [5.41, 5.74) is 2.02. The summed E-state index contributed by atoms with van der Waals surface area (Å²) < 4.78 is 19.3. The predicted molar refractivity (Wildman–Crippen MR) is 94.7 cm³/mol. The second-order valence-electron chi connectivity index (χ2n) is 6.53. The van der Waals surface area contributed by atoms with E-state index in [0.29, 0.717) is 54.8 Å². The zero-order valence-corrected chi connectivity index (χ0v) is 14.8. The molecular formula is C18H18ClFN4O2. The van der Waals surface area contributed by atoms with Crippen molar-refractivity contribution < 1.29 is 13.9 Å². The fraction of sp³-hybridized carbons (Fsp3) is 0.389. The molecule has 1 amide bonds. The van der Waals surface area contributed by atoms with Crippen molar-refractivity contribution in [3.63, 3.8) is 0 Å². The van der Waals surface area contributed by atoms with Crippen molar-refractivity contribution in [3.8, 4) is 0 Å². The van der Waals surface area contributed by atoms with Gasteiger partial charge in [0, 0.05) is 30.0 Å². The fourth-order valence-electron chi connectivity index (χ4n) is 3.39. The number of halogens is 2. The van der Waals surface area contributed by atoms with Crippen molar-refractivity contribution in [1.82, 2.24) is 14.9 Å². The van der Waals surface area contributed by atoms with Gasteiger partial charge in [-0.3, -0.25) is 4.79 Å². The van der Waals surface area contributed by atoms with Gasteiger partial charge in [0.05, 0.1) is 12.2 Å². The number of carbonyl (C=O) groups excluding carboxylic acids is 1. The lowest BCUT2D eigenvalue weighted by Crippen LogP contribution is -2.38. The molecule has 2 aliphatic rings. The van der Waals surface area contributed by atoms with Gasteiger partial charge in [-0.1, -0.05) is 11.6 Å². The number of nitrogens with zero attached hydrogens (tertiary/aromatic N) is 3. The van der Waals surface area contributed by atoms with Crippen LogP contribution < -0.4 is 5.32 Å². The monoisotopic (exact) mass is 376 g/mol. The molecule has 1 aromatic heterocycles. The molecule has 0 bridgehead atoms. The highest BCUT2D eigenvalue weighted by atomic mass is 35.5. The average Bonchev–Trinajstić information content (AvgIpc) is 3.05. The smallest absolute Gasteiger partial charge is 0.258 e. The van der Waals surface area contributed by atoms with Crippen LogP contribution in [-0.4, -0.2) is 46.7 Å². The molecule has 0 spiro atoms. The van der Waals surface area contributed by atoms with Crippen LogP contribution in [0.1, 0.15) is 27.9 Å². The normalized spacial score (nSPS) is 19.3. The Labute approximate surface area is 155 Å². The molecule has 1 aromatic carbocycles. The molecule has 8 heteroatoms. The van der Waals surface area contributed by atoms with E-state index in [-0.39, 0.29) is 17.8 Å². The number of anilines is 1. The summed E-state index contributed by atoms with van der Waals surface area (Å²) in [7, 11) is 0. The van der Waals surface area contributed by atoms with Gasteiger partial charge in [0.1, 0.15) is 12.5 Å². The highest BCUT2D eigenvalue weighted by molar-refractivity contribution is 6.30. The highest BCUT2D eigenvalue weighted by Gasteiger charge is 2.26. The van der Waals surface area contributed by atoms with Crippen molar-refractivity contribution in [2.75, 3.05) is 25.2 Å². The number of amides is 1. The fourth-order valence-corrected chi connectivity index (χ4v) is 3.62. The van der Waals surface area contributed by atoms with Gasteiger partial charge in [-0.05, 0) is 42.5 Å². The molecule has 1 aliphatic carbocycles. The van der Waals surface area contributed by atoms with E-state index in [2.05, 4.69) is 15.3 Å². The number of carbonyl (C=O) groups is 1. The van der Waals surface area contributed by atoms with Gasteiger partial charge < -0.3 is 15.0 Å². The van der Waals surface area contributed by atoms with E-state index in [1.807, 2.05) is 0 Å². The molecule has 6 nitrogen and oxygen atoms in total. The zero-order chi connectivity index (χ0) is 18.1. The molecule has 1 fully saturated rings. The van der Waals surface area contributed by atoms with Gasteiger partial charge >= 0.3 is 0 Å². The summed E-state index contributed by atoms with van der Waals surface area (Å²) in [4.78, 5) is 22.5. The van der Waals surface area contributed by atoms with E-state index < -0.39 is 0 Å². The number of rotatable bonds is 3. The first kappa shape index (κ1) is 17.2. The van der Waals surface area contributed by atoms with Crippen LogP contribution in [0.3, 0.4) is 0 Å². The molecule has 0 radical (unpaired) electrons. The Balaban J connectivity index is 1.41. The van der Waals surface area contributed by atoms with E-state index in [1.165, 1.54) is 18.5 Å². The maximum Gasteiger partial charge on any atom is 0.258 e. The van der Waals surface area contributed by atoms with Crippen LogP contribution in [0.15, 0.2) is 24.5 Å². The summed E-state index contributed by atoms with van der Waals surface area (Å²) in [6.07, 6.45) is 5.04. The van der Waals surface area contributed by atoms with Gasteiger partial charge in [0.25, 0.3) is 5.91 Å². The molecule has 1 N–H and O–H groups in total. The zero-order valence-electron chi connectivity index (χ0n) is 14.0. The first-order valence-electron chi connectivity index (χ1n) is 8.52. The lowest BCUT2D eigenvalue weighted by atomic mass is 10.1. The number of nitrogens with one attached hydrogen (secondary N) is 1. The van der Waals surface area contributed by atoms with E-state index >= 15 is 0 Å². The number of hydrogen-bond acceptors (Lipinski definition) is 5. The van der Waals surface area contributed by atoms with Crippen molar-refractivity contribution in [2.24, 2.45) is 0 Å². The number of aromatic nitrogens is 2. The first-order chi connectivity index (χ1) is 12.6. The summed E-state index contributed by atoms with van der Waals surface area (Å²) in [5.74, 6) is 0.00408. The number of ether oxygens (including phenoxy) is 1. The van der Waals surface area contributed by atoms with Crippen LogP contribution in [0.4, 0.5) is 10.3 Å². The third kappa shape index (κ3) is 3.50. The van der Waals surface area contributed by atoms with E-state index in [1.54, 1.807) is 11.0 Å². The lowest BCUT2D eigenvalue weighted by molar-refractivity contribution is -0.00575. The Hall–Kier alpha value is -2.25. The van der Waals surface area contributed by atoms with E-state index in [4.69, 9.17) is 16.3 Å². The Bertz CT molecular complexity index is 825. The third-order valence-corrected chi connectivity index (χ3v) is 4.87. The van der Waals surface area contributed by atoms with Crippen LogP contribution in [0.5, 0.6) is 0 Å². The summed E-state index contributed by atoms with van der Waals surface area (Å²) in [6.45, 7) is 1.65. The van der Waals surface area contributed by atoms with Crippen LogP contribution in [0.25, 0.3) is 0 Å². The maximum absolute atomic E-state index is 14.0. The molecule has 1 aliphatic heterocycles. The summed E-state index contributed by atoms with van der Waals surface area (Å²) in [5, 5.41) is 3.60. The van der Waals surface area contributed by atoms with Gasteiger partial charge in [-0.2, -0.15) is 0 Å². The second kappa shape index (κ2) is 7.17. The van der Waals surface area contributed by atoms with Crippen LogP contribution >= 0.6 is 11.6 Å². The standard InChI is InChI=1S/C18H18ClFN4O2/c19-13-4-11-5-14(7-15(11)16(20)6-13)23-18-21-8-12(9-22-18)17(25)24-2-1-3-26-10-24/h4,6,8-9,14H,1-3,5,7,10H2,(H,21,22,23). The molecule has 136 valence electrons. The second-order valence-corrected chi connectivity index (χ2v) is 6.97. The Kier molecular flexibility index (Phi) is 4.74. The average molecular weight is 377 g/mol. The van der Waals surface area contributed by atoms with E-state index in [0.717, 1.165) is 12.0 Å². The van der Waals surface area contributed by atoms with Gasteiger partial charge in [-0.25, -0.2) is 14.4 Å². The molecule has 1 atom stereocenters. The highest BCUT2D eigenvalue weighted by Crippen LogP contribution is 2.29. The first-order valence-corrected chi connectivity index (χ1v) is 8.90. The maximum atomic E-state index is 14.0. The quantitative estimate of drug-likeness (QED) is 0.892. The molecule has 26 heavy (non-hydrogen) atoms. The lowest BCUT2D eigenvalue weighted by Gasteiger charge is -2.26.